The standard InChI is InChI=1S/C13H26N2O3/c1-4-5-14-12-9-18-8-11(12)13(16)15-6-10(2)7-17-3/h10-12,14H,4-9H2,1-3H3,(H,15,16). The van der Waals surface area contributed by atoms with Crippen LogP contribution in [-0.4, -0.2) is 52.0 Å². The lowest BCUT2D eigenvalue weighted by atomic mass is 10.0. The molecule has 1 heterocycles. The average molecular weight is 258 g/mol. The summed E-state index contributed by atoms with van der Waals surface area (Å²) in [5, 5.41) is 6.34. The van der Waals surface area contributed by atoms with E-state index in [0.717, 1.165) is 13.0 Å². The summed E-state index contributed by atoms with van der Waals surface area (Å²) in [6.45, 7) is 7.57. The van der Waals surface area contributed by atoms with E-state index in [4.69, 9.17) is 9.47 Å². The Kier molecular flexibility index (Phi) is 7.23. The number of carbonyl (C=O) groups excluding carboxylic acids is 1. The van der Waals surface area contributed by atoms with Crippen LogP contribution in [0.25, 0.3) is 0 Å². The van der Waals surface area contributed by atoms with E-state index in [0.29, 0.717) is 32.3 Å². The summed E-state index contributed by atoms with van der Waals surface area (Å²) in [6, 6.07) is 0.155. The topological polar surface area (TPSA) is 59.6 Å². The van der Waals surface area contributed by atoms with Gasteiger partial charge in [0.15, 0.2) is 0 Å². The van der Waals surface area contributed by atoms with Crippen LogP contribution in [-0.2, 0) is 14.3 Å². The van der Waals surface area contributed by atoms with E-state index in [1.165, 1.54) is 0 Å². The maximum absolute atomic E-state index is 12.1. The van der Waals surface area contributed by atoms with E-state index in [-0.39, 0.29) is 17.9 Å². The number of methoxy groups -OCH3 is 1. The third-order valence-corrected chi connectivity index (χ3v) is 3.15. The Hall–Kier alpha value is -0.650. The van der Waals surface area contributed by atoms with Crippen molar-refractivity contribution in [1.29, 1.82) is 0 Å². The van der Waals surface area contributed by atoms with Gasteiger partial charge in [0.1, 0.15) is 0 Å². The van der Waals surface area contributed by atoms with Gasteiger partial charge in [-0.25, -0.2) is 0 Å². The number of amides is 1. The molecule has 106 valence electrons. The Morgan fingerprint density at radius 2 is 2.28 bits per heavy atom. The van der Waals surface area contributed by atoms with Crippen molar-refractivity contribution in [3.8, 4) is 0 Å². The van der Waals surface area contributed by atoms with Crippen LogP contribution in [0.1, 0.15) is 20.3 Å². The summed E-state index contributed by atoms with van der Waals surface area (Å²) in [5.74, 6) is 0.360. The van der Waals surface area contributed by atoms with E-state index >= 15 is 0 Å². The van der Waals surface area contributed by atoms with Gasteiger partial charge in [-0.1, -0.05) is 13.8 Å². The van der Waals surface area contributed by atoms with Crippen molar-refractivity contribution < 1.29 is 14.3 Å². The van der Waals surface area contributed by atoms with Gasteiger partial charge in [-0.05, 0) is 18.9 Å². The van der Waals surface area contributed by atoms with Gasteiger partial charge >= 0.3 is 0 Å². The summed E-state index contributed by atoms with van der Waals surface area (Å²) in [6.07, 6.45) is 1.07. The molecule has 1 fully saturated rings. The van der Waals surface area contributed by atoms with Crippen molar-refractivity contribution in [2.24, 2.45) is 11.8 Å². The van der Waals surface area contributed by atoms with Crippen LogP contribution in [0.15, 0.2) is 0 Å². The fourth-order valence-electron chi connectivity index (χ4n) is 2.09. The zero-order valence-electron chi connectivity index (χ0n) is 11.7. The second kappa shape index (κ2) is 8.45. The predicted molar refractivity (Wildman–Crippen MR) is 70.4 cm³/mol. The minimum atomic E-state index is -0.0636. The molecule has 18 heavy (non-hydrogen) atoms. The van der Waals surface area contributed by atoms with Gasteiger partial charge in [0, 0.05) is 19.7 Å². The largest absolute Gasteiger partial charge is 0.384 e. The molecule has 5 heteroatoms. The van der Waals surface area contributed by atoms with Crippen LogP contribution < -0.4 is 10.6 Å². The van der Waals surface area contributed by atoms with Crippen LogP contribution in [0.5, 0.6) is 0 Å². The van der Waals surface area contributed by atoms with Crippen molar-refractivity contribution in [2.75, 3.05) is 40.0 Å². The number of hydrogen-bond acceptors (Lipinski definition) is 4. The molecule has 3 atom stereocenters. The van der Waals surface area contributed by atoms with Crippen LogP contribution in [0.3, 0.4) is 0 Å². The van der Waals surface area contributed by atoms with Gasteiger partial charge in [0.25, 0.3) is 0 Å². The molecule has 1 aliphatic rings. The van der Waals surface area contributed by atoms with Gasteiger partial charge in [0.2, 0.25) is 5.91 Å². The molecule has 0 aromatic carbocycles. The van der Waals surface area contributed by atoms with Crippen LogP contribution in [0.4, 0.5) is 0 Å². The molecule has 0 aliphatic carbocycles. The third-order valence-electron chi connectivity index (χ3n) is 3.15. The Labute approximate surface area is 110 Å². The minimum Gasteiger partial charge on any atom is -0.384 e. The highest BCUT2D eigenvalue weighted by Gasteiger charge is 2.33. The fraction of sp³-hybridized carbons (Fsp3) is 0.923. The van der Waals surface area contributed by atoms with Crippen molar-refractivity contribution in [2.45, 2.75) is 26.3 Å². The van der Waals surface area contributed by atoms with Gasteiger partial charge < -0.3 is 20.1 Å². The molecule has 0 aromatic rings. The van der Waals surface area contributed by atoms with Gasteiger partial charge in [-0.3, -0.25) is 4.79 Å². The highest BCUT2D eigenvalue weighted by atomic mass is 16.5. The normalized spacial score (nSPS) is 25.1. The Morgan fingerprint density at radius 1 is 1.50 bits per heavy atom. The van der Waals surface area contributed by atoms with E-state index in [1.807, 2.05) is 0 Å². The number of nitrogens with one attached hydrogen (secondary N) is 2. The highest BCUT2D eigenvalue weighted by Crippen LogP contribution is 2.14. The second-order valence-corrected chi connectivity index (χ2v) is 5.01. The molecular formula is C13H26N2O3. The van der Waals surface area contributed by atoms with Crippen LogP contribution in [0.2, 0.25) is 0 Å². The van der Waals surface area contributed by atoms with E-state index < -0.39 is 0 Å². The second-order valence-electron chi connectivity index (χ2n) is 5.01. The number of ether oxygens (including phenoxy) is 2. The molecule has 1 rings (SSSR count). The molecule has 2 N–H and O–H groups in total. The van der Waals surface area contributed by atoms with Crippen molar-refractivity contribution >= 4 is 5.91 Å². The van der Waals surface area contributed by atoms with Crippen molar-refractivity contribution in [3.63, 3.8) is 0 Å². The van der Waals surface area contributed by atoms with Crippen LogP contribution in [0, 0.1) is 11.8 Å². The van der Waals surface area contributed by atoms with Crippen LogP contribution >= 0.6 is 0 Å². The molecule has 1 amide bonds. The molecule has 3 unspecified atom stereocenters. The summed E-state index contributed by atoms with van der Waals surface area (Å²) < 4.78 is 10.4. The number of rotatable bonds is 8. The molecular weight excluding hydrogens is 232 g/mol. The maximum atomic E-state index is 12.1. The van der Waals surface area contributed by atoms with Crippen molar-refractivity contribution in [3.05, 3.63) is 0 Å². The van der Waals surface area contributed by atoms with Gasteiger partial charge in [-0.15, -0.1) is 0 Å². The zero-order chi connectivity index (χ0) is 13.4. The molecule has 0 bridgehead atoms. The first-order valence-corrected chi connectivity index (χ1v) is 6.76. The first-order chi connectivity index (χ1) is 8.69. The molecule has 0 spiro atoms. The van der Waals surface area contributed by atoms with E-state index in [2.05, 4.69) is 24.5 Å². The lowest BCUT2D eigenvalue weighted by Crippen LogP contribution is -2.45. The quantitative estimate of drug-likeness (QED) is 0.661. The lowest BCUT2D eigenvalue weighted by molar-refractivity contribution is -0.125. The lowest BCUT2D eigenvalue weighted by Gasteiger charge is -2.19. The highest BCUT2D eigenvalue weighted by molar-refractivity contribution is 5.79. The minimum absolute atomic E-state index is 0.0636. The predicted octanol–water partition coefficient (Wildman–Crippen LogP) is 0.400. The summed E-state index contributed by atoms with van der Waals surface area (Å²) >= 11 is 0. The summed E-state index contributed by atoms with van der Waals surface area (Å²) in [7, 11) is 1.67. The average Bonchev–Trinajstić information content (AvgIpc) is 2.82. The molecule has 1 aliphatic heterocycles. The molecule has 0 aromatic heterocycles. The Bertz CT molecular complexity index is 248. The molecule has 0 saturated carbocycles. The number of carbonyl (C=O) groups is 1. The first kappa shape index (κ1) is 15.4. The molecule has 0 radical (unpaired) electrons. The third kappa shape index (κ3) is 4.92. The zero-order valence-corrected chi connectivity index (χ0v) is 11.7. The van der Waals surface area contributed by atoms with E-state index in [9.17, 15) is 4.79 Å². The van der Waals surface area contributed by atoms with Gasteiger partial charge in [-0.2, -0.15) is 0 Å². The first-order valence-electron chi connectivity index (χ1n) is 6.76. The van der Waals surface area contributed by atoms with E-state index in [1.54, 1.807) is 7.11 Å². The summed E-state index contributed by atoms with van der Waals surface area (Å²) in [5.41, 5.74) is 0. The summed E-state index contributed by atoms with van der Waals surface area (Å²) in [4.78, 5) is 12.1. The Morgan fingerprint density at radius 3 is 2.94 bits per heavy atom. The smallest absolute Gasteiger partial charge is 0.227 e. The molecule has 1 saturated heterocycles. The monoisotopic (exact) mass is 258 g/mol. The fourth-order valence-corrected chi connectivity index (χ4v) is 2.09. The van der Waals surface area contributed by atoms with Crippen molar-refractivity contribution in [1.82, 2.24) is 10.6 Å². The van der Waals surface area contributed by atoms with Gasteiger partial charge in [0.05, 0.1) is 25.7 Å². The maximum Gasteiger partial charge on any atom is 0.227 e. The Balaban J connectivity index is 2.31. The SMILES string of the molecule is CCCNC1COCC1C(=O)NCC(C)COC. The molecule has 5 nitrogen and oxygen atoms in total. The number of hydrogen-bond donors (Lipinski definition) is 2.